The minimum absolute atomic E-state index is 0.765. The van der Waals surface area contributed by atoms with Gasteiger partial charge in [0, 0.05) is 12.1 Å². The Bertz CT molecular complexity index is 175. The average molecular weight is 244 g/mol. The van der Waals surface area contributed by atoms with Gasteiger partial charge in [0.2, 0.25) is 0 Å². The number of likely N-dealkylation sites (tertiary alicyclic amines) is 1. The smallest absolute Gasteiger partial charge is 0.00940 e. The van der Waals surface area contributed by atoms with Crippen molar-refractivity contribution in [1.82, 2.24) is 10.2 Å². The van der Waals surface area contributed by atoms with Crippen LogP contribution in [0.2, 0.25) is 0 Å². The van der Waals surface area contributed by atoms with Gasteiger partial charge in [-0.2, -0.15) is 11.8 Å². The Balaban J connectivity index is 2.06. The minimum Gasteiger partial charge on any atom is -0.314 e. The Morgan fingerprint density at radius 1 is 1.38 bits per heavy atom. The van der Waals surface area contributed by atoms with E-state index in [1.54, 1.807) is 0 Å². The molecule has 0 bridgehead atoms. The first kappa shape index (κ1) is 14.3. The predicted octanol–water partition coefficient (Wildman–Crippen LogP) is 2.59. The molecule has 2 atom stereocenters. The van der Waals surface area contributed by atoms with Crippen LogP contribution in [0.5, 0.6) is 0 Å². The van der Waals surface area contributed by atoms with E-state index in [-0.39, 0.29) is 0 Å². The summed E-state index contributed by atoms with van der Waals surface area (Å²) in [5, 5.41) is 3.72. The van der Waals surface area contributed by atoms with Gasteiger partial charge >= 0.3 is 0 Å². The lowest BCUT2D eigenvalue weighted by Gasteiger charge is -2.37. The molecule has 0 aromatic heterocycles. The van der Waals surface area contributed by atoms with Crippen LogP contribution in [0.25, 0.3) is 0 Å². The maximum atomic E-state index is 3.72. The van der Waals surface area contributed by atoms with Crippen LogP contribution < -0.4 is 5.32 Å². The summed E-state index contributed by atoms with van der Waals surface area (Å²) in [4.78, 5) is 2.59. The second-order valence-electron chi connectivity index (χ2n) is 4.70. The zero-order chi connectivity index (χ0) is 11.8. The average Bonchev–Trinajstić information content (AvgIpc) is 2.29. The first-order valence-electron chi connectivity index (χ1n) is 6.83. The van der Waals surface area contributed by atoms with Gasteiger partial charge in [0.15, 0.2) is 0 Å². The van der Waals surface area contributed by atoms with E-state index in [0.717, 1.165) is 12.1 Å². The number of piperidine rings is 1. The lowest BCUT2D eigenvalue weighted by Crippen LogP contribution is -2.47. The van der Waals surface area contributed by atoms with Crippen LogP contribution in [0.15, 0.2) is 0 Å². The number of hydrogen-bond acceptors (Lipinski definition) is 3. The van der Waals surface area contributed by atoms with Crippen LogP contribution in [0.1, 0.15) is 40.0 Å². The summed E-state index contributed by atoms with van der Waals surface area (Å²) in [6.45, 7) is 10.6. The van der Waals surface area contributed by atoms with Crippen molar-refractivity contribution in [3.8, 4) is 0 Å². The molecule has 0 aromatic carbocycles. The van der Waals surface area contributed by atoms with Crippen LogP contribution in [-0.4, -0.2) is 48.1 Å². The molecule has 96 valence electrons. The maximum absolute atomic E-state index is 3.72. The van der Waals surface area contributed by atoms with Crippen molar-refractivity contribution in [3.05, 3.63) is 0 Å². The zero-order valence-electron chi connectivity index (χ0n) is 11.2. The molecule has 1 fully saturated rings. The fraction of sp³-hybridized carbons (Fsp3) is 1.00. The summed E-state index contributed by atoms with van der Waals surface area (Å²) in [7, 11) is 0. The molecular formula is C13H28N2S. The van der Waals surface area contributed by atoms with Gasteiger partial charge in [0.25, 0.3) is 0 Å². The summed E-state index contributed by atoms with van der Waals surface area (Å²) in [5.74, 6) is 2.57. The highest BCUT2D eigenvalue weighted by Gasteiger charge is 2.23. The van der Waals surface area contributed by atoms with E-state index in [1.165, 1.54) is 50.4 Å². The van der Waals surface area contributed by atoms with Crippen molar-refractivity contribution in [1.29, 1.82) is 0 Å². The van der Waals surface area contributed by atoms with Crippen molar-refractivity contribution in [2.45, 2.75) is 52.1 Å². The molecule has 3 heteroatoms. The topological polar surface area (TPSA) is 15.3 Å². The molecule has 0 radical (unpaired) electrons. The molecule has 16 heavy (non-hydrogen) atoms. The van der Waals surface area contributed by atoms with E-state index in [2.05, 4.69) is 42.7 Å². The standard InChI is InChI=1S/C13H28N2S/c1-4-15-9-7-13(11-12(15)3)14-8-6-10-16-5-2/h12-14H,4-11H2,1-3H3. The van der Waals surface area contributed by atoms with Gasteiger partial charge in [-0.25, -0.2) is 0 Å². The monoisotopic (exact) mass is 244 g/mol. The Kier molecular flexibility index (Phi) is 7.50. The molecule has 0 amide bonds. The number of rotatable bonds is 7. The van der Waals surface area contributed by atoms with E-state index in [4.69, 9.17) is 0 Å². The van der Waals surface area contributed by atoms with Gasteiger partial charge in [-0.1, -0.05) is 13.8 Å². The van der Waals surface area contributed by atoms with E-state index in [1.807, 2.05) is 0 Å². The van der Waals surface area contributed by atoms with Gasteiger partial charge < -0.3 is 10.2 Å². The third-order valence-corrected chi connectivity index (χ3v) is 4.51. The molecule has 1 heterocycles. The van der Waals surface area contributed by atoms with Gasteiger partial charge in [0.1, 0.15) is 0 Å². The van der Waals surface area contributed by atoms with Gasteiger partial charge in [-0.3, -0.25) is 0 Å². The van der Waals surface area contributed by atoms with E-state index in [9.17, 15) is 0 Å². The molecule has 0 spiro atoms. The molecule has 0 aliphatic carbocycles. The second kappa shape index (κ2) is 8.37. The number of hydrogen-bond donors (Lipinski definition) is 1. The lowest BCUT2D eigenvalue weighted by atomic mass is 9.98. The first-order valence-corrected chi connectivity index (χ1v) is 7.98. The quantitative estimate of drug-likeness (QED) is 0.693. The van der Waals surface area contributed by atoms with E-state index < -0.39 is 0 Å². The fourth-order valence-electron chi connectivity index (χ4n) is 2.50. The molecule has 1 saturated heterocycles. The van der Waals surface area contributed by atoms with Crippen LogP contribution in [0, 0.1) is 0 Å². The van der Waals surface area contributed by atoms with Crippen LogP contribution in [0.4, 0.5) is 0 Å². The van der Waals surface area contributed by atoms with Gasteiger partial charge in [0.05, 0.1) is 0 Å². The predicted molar refractivity (Wildman–Crippen MR) is 75.3 cm³/mol. The maximum Gasteiger partial charge on any atom is 0.00940 e. The fourth-order valence-corrected chi connectivity index (χ4v) is 3.14. The van der Waals surface area contributed by atoms with Gasteiger partial charge in [-0.15, -0.1) is 0 Å². The molecule has 0 saturated carbocycles. The Hall–Kier alpha value is 0.270. The van der Waals surface area contributed by atoms with E-state index >= 15 is 0 Å². The molecule has 1 N–H and O–H groups in total. The Labute approximate surface area is 106 Å². The van der Waals surface area contributed by atoms with Crippen LogP contribution in [0.3, 0.4) is 0 Å². The molecule has 1 aliphatic rings. The third kappa shape index (κ3) is 5.07. The SMILES string of the molecule is CCSCCCNC1CCN(CC)C(C)C1. The van der Waals surface area contributed by atoms with Crippen molar-refractivity contribution in [2.75, 3.05) is 31.1 Å². The third-order valence-electron chi connectivity index (χ3n) is 3.52. The highest BCUT2D eigenvalue weighted by molar-refractivity contribution is 7.99. The Morgan fingerprint density at radius 2 is 2.19 bits per heavy atom. The number of thioether (sulfide) groups is 1. The summed E-state index contributed by atoms with van der Waals surface area (Å²) < 4.78 is 0. The molecule has 2 unspecified atom stereocenters. The summed E-state index contributed by atoms with van der Waals surface area (Å²) in [6, 6.07) is 1.53. The van der Waals surface area contributed by atoms with Crippen LogP contribution >= 0.6 is 11.8 Å². The van der Waals surface area contributed by atoms with Crippen LogP contribution in [-0.2, 0) is 0 Å². The molecule has 0 aromatic rings. The van der Waals surface area contributed by atoms with Crippen molar-refractivity contribution >= 4 is 11.8 Å². The highest BCUT2D eigenvalue weighted by atomic mass is 32.2. The van der Waals surface area contributed by atoms with Crippen molar-refractivity contribution in [3.63, 3.8) is 0 Å². The highest BCUT2D eigenvalue weighted by Crippen LogP contribution is 2.16. The molecule has 2 nitrogen and oxygen atoms in total. The normalized spacial score (nSPS) is 27.2. The zero-order valence-corrected chi connectivity index (χ0v) is 12.0. The first-order chi connectivity index (χ1) is 7.77. The largest absolute Gasteiger partial charge is 0.314 e. The lowest BCUT2D eigenvalue weighted by molar-refractivity contribution is 0.143. The molecule has 1 aliphatic heterocycles. The molecular weight excluding hydrogens is 216 g/mol. The second-order valence-corrected chi connectivity index (χ2v) is 6.10. The van der Waals surface area contributed by atoms with Crippen molar-refractivity contribution in [2.24, 2.45) is 0 Å². The molecule has 1 rings (SSSR count). The minimum atomic E-state index is 0.765. The summed E-state index contributed by atoms with van der Waals surface area (Å²) in [5.41, 5.74) is 0. The summed E-state index contributed by atoms with van der Waals surface area (Å²) >= 11 is 2.05. The summed E-state index contributed by atoms with van der Waals surface area (Å²) in [6.07, 6.45) is 3.98. The number of nitrogens with one attached hydrogen (secondary N) is 1. The number of nitrogens with zero attached hydrogens (tertiary/aromatic N) is 1. The van der Waals surface area contributed by atoms with E-state index in [0.29, 0.717) is 0 Å². The van der Waals surface area contributed by atoms with Gasteiger partial charge in [-0.05, 0) is 57.3 Å². The van der Waals surface area contributed by atoms with Crippen molar-refractivity contribution < 1.29 is 0 Å². The Morgan fingerprint density at radius 3 is 2.81 bits per heavy atom.